The molecule has 2 aromatic rings. The average molecular weight is 216 g/mol. The Balaban J connectivity index is 2.23. The van der Waals surface area contributed by atoms with Crippen LogP contribution in [0.1, 0.15) is 13.3 Å². The van der Waals surface area contributed by atoms with Gasteiger partial charge in [-0.2, -0.15) is 0 Å². The quantitative estimate of drug-likeness (QED) is 0.851. The highest BCUT2D eigenvalue weighted by molar-refractivity contribution is 5.88. The Hall–Kier alpha value is -1.54. The molecule has 84 valence electrons. The van der Waals surface area contributed by atoms with Gasteiger partial charge in [-0.1, -0.05) is 43.3 Å². The Kier molecular flexibility index (Phi) is 3.42. The summed E-state index contributed by atoms with van der Waals surface area (Å²) >= 11 is 0. The summed E-state index contributed by atoms with van der Waals surface area (Å²) in [5.41, 5.74) is 0. The van der Waals surface area contributed by atoms with Crippen molar-refractivity contribution in [1.82, 2.24) is 0 Å². The lowest BCUT2D eigenvalue weighted by molar-refractivity contribution is 0.105. The smallest absolute Gasteiger partial charge is 0.127 e. The van der Waals surface area contributed by atoms with Crippen LogP contribution in [0.25, 0.3) is 10.8 Å². The molecule has 0 aliphatic heterocycles. The van der Waals surface area contributed by atoms with Crippen molar-refractivity contribution in [1.29, 1.82) is 0 Å². The molecule has 1 N–H and O–H groups in total. The molecule has 2 nitrogen and oxygen atoms in total. The normalized spacial score (nSPS) is 12.6. The molecule has 0 radical (unpaired) electrons. The van der Waals surface area contributed by atoms with Crippen molar-refractivity contribution in [3.05, 3.63) is 42.5 Å². The molecule has 0 bridgehead atoms. The highest BCUT2D eigenvalue weighted by Crippen LogP contribution is 2.25. The van der Waals surface area contributed by atoms with Gasteiger partial charge in [-0.15, -0.1) is 0 Å². The molecule has 0 heterocycles. The van der Waals surface area contributed by atoms with Crippen LogP contribution in [0.2, 0.25) is 0 Å². The Morgan fingerprint density at radius 3 is 2.69 bits per heavy atom. The van der Waals surface area contributed by atoms with Crippen molar-refractivity contribution in [2.45, 2.75) is 19.4 Å². The second kappa shape index (κ2) is 4.99. The van der Waals surface area contributed by atoms with Crippen LogP contribution in [-0.2, 0) is 0 Å². The molecule has 0 aliphatic rings. The highest BCUT2D eigenvalue weighted by atomic mass is 16.5. The molecular weight excluding hydrogens is 200 g/mol. The molecule has 0 amide bonds. The first kappa shape index (κ1) is 11.0. The average Bonchev–Trinajstić information content (AvgIpc) is 2.35. The number of aliphatic hydroxyl groups excluding tert-OH is 1. The predicted octanol–water partition coefficient (Wildman–Crippen LogP) is 2.99. The maximum atomic E-state index is 9.47. The molecule has 0 saturated carbocycles. The minimum atomic E-state index is -0.390. The van der Waals surface area contributed by atoms with Crippen LogP contribution in [0.5, 0.6) is 5.75 Å². The fourth-order valence-electron chi connectivity index (χ4n) is 1.63. The van der Waals surface area contributed by atoms with Crippen molar-refractivity contribution in [3.63, 3.8) is 0 Å². The van der Waals surface area contributed by atoms with E-state index in [9.17, 15) is 5.11 Å². The lowest BCUT2D eigenvalue weighted by Crippen LogP contribution is -2.16. The zero-order valence-corrected chi connectivity index (χ0v) is 9.39. The largest absolute Gasteiger partial charge is 0.490 e. The van der Waals surface area contributed by atoms with Gasteiger partial charge in [0.1, 0.15) is 12.4 Å². The van der Waals surface area contributed by atoms with Crippen LogP contribution in [0.3, 0.4) is 0 Å². The van der Waals surface area contributed by atoms with E-state index in [0.29, 0.717) is 13.0 Å². The molecule has 2 rings (SSSR count). The van der Waals surface area contributed by atoms with E-state index in [4.69, 9.17) is 4.74 Å². The summed E-state index contributed by atoms with van der Waals surface area (Å²) < 4.78 is 5.62. The second-order valence-electron chi connectivity index (χ2n) is 3.85. The molecular formula is C14H16O2. The van der Waals surface area contributed by atoms with Gasteiger partial charge in [-0.05, 0) is 17.9 Å². The monoisotopic (exact) mass is 216 g/mol. The second-order valence-corrected chi connectivity index (χ2v) is 3.85. The Morgan fingerprint density at radius 1 is 1.12 bits per heavy atom. The number of fused-ring (bicyclic) bond motifs is 1. The molecule has 0 unspecified atom stereocenters. The van der Waals surface area contributed by atoms with Gasteiger partial charge in [0.2, 0.25) is 0 Å². The Morgan fingerprint density at radius 2 is 1.88 bits per heavy atom. The third-order valence-corrected chi connectivity index (χ3v) is 2.65. The molecule has 2 heteroatoms. The van der Waals surface area contributed by atoms with Crippen molar-refractivity contribution in [2.75, 3.05) is 6.61 Å². The molecule has 0 aromatic heterocycles. The summed E-state index contributed by atoms with van der Waals surface area (Å²) in [7, 11) is 0. The zero-order valence-electron chi connectivity index (χ0n) is 9.39. The summed E-state index contributed by atoms with van der Waals surface area (Å²) in [4.78, 5) is 0. The first-order chi connectivity index (χ1) is 7.81. The van der Waals surface area contributed by atoms with Crippen LogP contribution in [0, 0.1) is 0 Å². The number of benzene rings is 2. The molecule has 0 saturated heterocycles. The van der Waals surface area contributed by atoms with E-state index in [-0.39, 0.29) is 6.10 Å². The van der Waals surface area contributed by atoms with E-state index >= 15 is 0 Å². The van der Waals surface area contributed by atoms with Gasteiger partial charge < -0.3 is 9.84 Å². The molecule has 0 aliphatic carbocycles. The first-order valence-electron chi connectivity index (χ1n) is 5.60. The van der Waals surface area contributed by atoms with E-state index in [2.05, 4.69) is 12.1 Å². The minimum Gasteiger partial charge on any atom is -0.490 e. The lowest BCUT2D eigenvalue weighted by atomic mass is 10.1. The summed E-state index contributed by atoms with van der Waals surface area (Å²) in [5, 5.41) is 11.7. The van der Waals surface area contributed by atoms with Gasteiger partial charge in [0.15, 0.2) is 0 Å². The SMILES string of the molecule is CC[C@@H](O)COc1cccc2ccccc12. The number of aliphatic hydroxyl groups is 1. The van der Waals surface area contributed by atoms with Crippen LogP contribution in [0.15, 0.2) is 42.5 Å². The van der Waals surface area contributed by atoms with Gasteiger partial charge in [-0.3, -0.25) is 0 Å². The van der Waals surface area contributed by atoms with Crippen molar-refractivity contribution < 1.29 is 9.84 Å². The summed E-state index contributed by atoms with van der Waals surface area (Å²) in [6.07, 6.45) is 0.323. The molecule has 0 fully saturated rings. The third-order valence-electron chi connectivity index (χ3n) is 2.65. The summed E-state index contributed by atoms with van der Waals surface area (Å²) in [6.45, 7) is 2.29. The Labute approximate surface area is 95.5 Å². The number of ether oxygens (including phenoxy) is 1. The summed E-state index contributed by atoms with van der Waals surface area (Å²) in [6, 6.07) is 14.0. The Bertz CT molecular complexity index is 460. The van der Waals surface area contributed by atoms with Crippen molar-refractivity contribution in [2.24, 2.45) is 0 Å². The van der Waals surface area contributed by atoms with Crippen molar-refractivity contribution in [3.8, 4) is 5.75 Å². The van der Waals surface area contributed by atoms with E-state index in [1.54, 1.807) is 0 Å². The van der Waals surface area contributed by atoms with E-state index < -0.39 is 0 Å². The third kappa shape index (κ3) is 2.34. The predicted molar refractivity (Wildman–Crippen MR) is 65.7 cm³/mol. The number of rotatable bonds is 4. The van der Waals surface area contributed by atoms with Gasteiger partial charge in [-0.25, -0.2) is 0 Å². The van der Waals surface area contributed by atoms with Crippen LogP contribution in [0.4, 0.5) is 0 Å². The maximum Gasteiger partial charge on any atom is 0.127 e. The molecule has 16 heavy (non-hydrogen) atoms. The zero-order chi connectivity index (χ0) is 11.4. The van der Waals surface area contributed by atoms with Gasteiger partial charge in [0.05, 0.1) is 6.10 Å². The maximum absolute atomic E-state index is 9.47. The molecule has 2 aromatic carbocycles. The van der Waals surface area contributed by atoms with Crippen molar-refractivity contribution >= 4 is 10.8 Å². The van der Waals surface area contributed by atoms with E-state index in [1.807, 2.05) is 37.3 Å². The fraction of sp³-hybridized carbons (Fsp3) is 0.286. The van der Waals surface area contributed by atoms with Crippen LogP contribution < -0.4 is 4.74 Å². The highest BCUT2D eigenvalue weighted by Gasteiger charge is 2.04. The van der Waals surface area contributed by atoms with Crippen LogP contribution in [-0.4, -0.2) is 17.8 Å². The first-order valence-corrected chi connectivity index (χ1v) is 5.60. The number of hydrogen-bond acceptors (Lipinski definition) is 2. The summed E-state index contributed by atoms with van der Waals surface area (Å²) in [5.74, 6) is 0.839. The van der Waals surface area contributed by atoms with E-state index in [0.717, 1.165) is 16.5 Å². The minimum absolute atomic E-state index is 0.352. The lowest BCUT2D eigenvalue weighted by Gasteiger charge is -2.12. The van der Waals surface area contributed by atoms with E-state index in [1.165, 1.54) is 0 Å². The van der Waals surface area contributed by atoms with Gasteiger partial charge in [0, 0.05) is 5.39 Å². The van der Waals surface area contributed by atoms with Gasteiger partial charge in [0.25, 0.3) is 0 Å². The van der Waals surface area contributed by atoms with Crippen LogP contribution >= 0.6 is 0 Å². The number of hydrogen-bond donors (Lipinski definition) is 1. The molecule has 0 spiro atoms. The topological polar surface area (TPSA) is 29.5 Å². The standard InChI is InChI=1S/C14H16O2/c1-2-12(15)10-16-14-9-5-7-11-6-3-4-8-13(11)14/h3-9,12,15H,2,10H2,1H3/t12-/m1/s1. The fourth-order valence-corrected chi connectivity index (χ4v) is 1.63. The van der Waals surface area contributed by atoms with Gasteiger partial charge >= 0.3 is 0 Å². The molecule has 1 atom stereocenters.